The summed E-state index contributed by atoms with van der Waals surface area (Å²) in [6.45, 7) is 2.69. The van der Waals surface area contributed by atoms with Crippen LogP contribution in [0.1, 0.15) is 12.0 Å². The smallest absolute Gasteiger partial charge is 0.133 e. The Kier molecular flexibility index (Phi) is 4.42. The van der Waals surface area contributed by atoms with Gasteiger partial charge < -0.3 is 9.47 Å². The number of rotatable bonds is 4. The molecule has 94 valence electrons. The molecule has 1 saturated heterocycles. The lowest BCUT2D eigenvalue weighted by molar-refractivity contribution is 0.156. The molecule has 0 bridgehead atoms. The van der Waals surface area contributed by atoms with Crippen LogP contribution < -0.4 is 4.74 Å². The molecule has 1 aromatic carbocycles. The predicted molar refractivity (Wildman–Crippen MR) is 71.4 cm³/mol. The number of halogens is 1. The molecule has 3 nitrogen and oxygen atoms in total. The highest BCUT2D eigenvalue weighted by atomic mass is 79.9. The van der Waals surface area contributed by atoms with Crippen LogP contribution in [-0.2, 0) is 11.3 Å². The maximum absolute atomic E-state index is 5.41. The van der Waals surface area contributed by atoms with Crippen molar-refractivity contribution in [1.29, 1.82) is 0 Å². The van der Waals surface area contributed by atoms with Gasteiger partial charge in [0.1, 0.15) is 5.75 Å². The van der Waals surface area contributed by atoms with Gasteiger partial charge in [0, 0.05) is 19.2 Å². The molecule has 0 radical (unpaired) electrons. The average molecular weight is 300 g/mol. The molecule has 4 heteroatoms. The van der Waals surface area contributed by atoms with E-state index < -0.39 is 0 Å². The molecule has 0 aromatic heterocycles. The predicted octanol–water partition coefficient (Wildman–Crippen LogP) is 2.68. The molecule has 1 aliphatic heterocycles. The first-order valence-corrected chi connectivity index (χ1v) is 6.60. The van der Waals surface area contributed by atoms with E-state index in [-0.39, 0.29) is 0 Å². The molecule has 1 heterocycles. The van der Waals surface area contributed by atoms with Gasteiger partial charge in [0.25, 0.3) is 0 Å². The highest BCUT2D eigenvalue weighted by molar-refractivity contribution is 9.10. The van der Waals surface area contributed by atoms with Crippen LogP contribution in [0.3, 0.4) is 0 Å². The molecule has 0 saturated carbocycles. The summed E-state index contributed by atoms with van der Waals surface area (Å²) in [5.74, 6) is 0.876. The highest BCUT2D eigenvalue weighted by Crippen LogP contribution is 2.26. The summed E-state index contributed by atoms with van der Waals surface area (Å²) in [4.78, 5) is 2.35. The van der Waals surface area contributed by atoms with Gasteiger partial charge in [0.2, 0.25) is 0 Å². The molecule has 0 N–H and O–H groups in total. The molecular formula is C13H18BrNO2. The van der Waals surface area contributed by atoms with Crippen molar-refractivity contribution in [3.05, 3.63) is 28.2 Å². The summed E-state index contributed by atoms with van der Waals surface area (Å²) in [6.07, 6.45) is 1.13. The molecule has 0 aliphatic carbocycles. The number of ether oxygens (including phenoxy) is 2. The third-order valence-corrected chi connectivity index (χ3v) is 3.80. The molecule has 1 fully saturated rings. The van der Waals surface area contributed by atoms with Gasteiger partial charge in [0.05, 0.1) is 18.2 Å². The van der Waals surface area contributed by atoms with Crippen molar-refractivity contribution in [3.8, 4) is 5.75 Å². The van der Waals surface area contributed by atoms with Crippen LogP contribution in [-0.4, -0.2) is 38.3 Å². The van der Waals surface area contributed by atoms with E-state index in [1.807, 2.05) is 6.07 Å². The minimum Gasteiger partial charge on any atom is -0.496 e. The van der Waals surface area contributed by atoms with Crippen molar-refractivity contribution in [2.24, 2.45) is 0 Å². The third-order valence-electron chi connectivity index (χ3n) is 3.18. The summed E-state index contributed by atoms with van der Waals surface area (Å²) in [7, 11) is 3.83. The Morgan fingerprint density at radius 2 is 2.35 bits per heavy atom. The van der Waals surface area contributed by atoms with Crippen LogP contribution in [0.4, 0.5) is 0 Å². The zero-order chi connectivity index (χ0) is 12.3. The molecule has 0 spiro atoms. The Morgan fingerprint density at radius 1 is 1.53 bits per heavy atom. The Labute approximate surface area is 111 Å². The van der Waals surface area contributed by atoms with Gasteiger partial charge in [-0.25, -0.2) is 0 Å². The lowest BCUT2D eigenvalue weighted by Gasteiger charge is -2.23. The van der Waals surface area contributed by atoms with E-state index in [9.17, 15) is 0 Å². The summed E-state index contributed by atoms with van der Waals surface area (Å²) in [5.41, 5.74) is 1.28. The SMILES string of the molecule is COc1ccc(CN(C)C2CCOC2)cc1Br. The van der Waals surface area contributed by atoms with Gasteiger partial charge >= 0.3 is 0 Å². The first-order valence-electron chi connectivity index (χ1n) is 5.81. The maximum atomic E-state index is 5.41. The van der Waals surface area contributed by atoms with Crippen LogP contribution in [0.2, 0.25) is 0 Å². The van der Waals surface area contributed by atoms with E-state index in [0.717, 1.165) is 36.4 Å². The lowest BCUT2D eigenvalue weighted by atomic mass is 10.1. The molecule has 1 aliphatic rings. The molecule has 1 unspecified atom stereocenters. The Bertz CT molecular complexity index is 378. The maximum Gasteiger partial charge on any atom is 0.133 e. The molecule has 0 amide bonds. The van der Waals surface area contributed by atoms with Gasteiger partial charge in [-0.3, -0.25) is 4.90 Å². The Balaban J connectivity index is 2.00. The fraction of sp³-hybridized carbons (Fsp3) is 0.538. The quantitative estimate of drug-likeness (QED) is 0.853. The minimum atomic E-state index is 0.552. The summed E-state index contributed by atoms with van der Waals surface area (Å²) < 4.78 is 11.6. The number of benzene rings is 1. The fourth-order valence-corrected chi connectivity index (χ4v) is 2.68. The number of hydrogen-bond donors (Lipinski definition) is 0. The van der Waals surface area contributed by atoms with Crippen LogP contribution in [0.25, 0.3) is 0 Å². The van der Waals surface area contributed by atoms with Crippen LogP contribution in [0, 0.1) is 0 Å². The summed E-state index contributed by atoms with van der Waals surface area (Å²) in [5, 5.41) is 0. The zero-order valence-corrected chi connectivity index (χ0v) is 11.9. The van der Waals surface area contributed by atoms with E-state index in [1.54, 1.807) is 7.11 Å². The number of likely N-dealkylation sites (N-methyl/N-ethyl adjacent to an activating group) is 1. The first-order chi connectivity index (χ1) is 8.20. The van der Waals surface area contributed by atoms with Gasteiger partial charge in [-0.2, -0.15) is 0 Å². The number of nitrogens with zero attached hydrogens (tertiary/aromatic N) is 1. The molecule has 2 rings (SSSR count). The molecule has 1 atom stereocenters. The van der Waals surface area contributed by atoms with E-state index in [2.05, 4.69) is 40.0 Å². The standard InChI is InChI=1S/C13H18BrNO2/c1-15(11-5-6-17-9-11)8-10-3-4-13(16-2)12(14)7-10/h3-4,7,11H,5-6,8-9H2,1-2H3. The van der Waals surface area contributed by atoms with Gasteiger partial charge in [0.15, 0.2) is 0 Å². The highest BCUT2D eigenvalue weighted by Gasteiger charge is 2.20. The zero-order valence-electron chi connectivity index (χ0n) is 10.3. The lowest BCUT2D eigenvalue weighted by Crippen LogP contribution is -2.31. The second-order valence-corrected chi connectivity index (χ2v) is 5.26. The second-order valence-electron chi connectivity index (χ2n) is 4.40. The van der Waals surface area contributed by atoms with Crippen molar-refractivity contribution in [1.82, 2.24) is 4.90 Å². The van der Waals surface area contributed by atoms with Crippen molar-refractivity contribution in [2.75, 3.05) is 27.4 Å². The van der Waals surface area contributed by atoms with E-state index in [1.165, 1.54) is 5.56 Å². The largest absolute Gasteiger partial charge is 0.496 e. The van der Waals surface area contributed by atoms with Crippen LogP contribution >= 0.6 is 15.9 Å². The third kappa shape index (κ3) is 3.21. The van der Waals surface area contributed by atoms with Crippen molar-refractivity contribution in [2.45, 2.75) is 19.0 Å². The molecular weight excluding hydrogens is 282 g/mol. The Hall–Kier alpha value is -0.580. The van der Waals surface area contributed by atoms with E-state index in [4.69, 9.17) is 9.47 Å². The number of methoxy groups -OCH3 is 1. The van der Waals surface area contributed by atoms with Crippen LogP contribution in [0.5, 0.6) is 5.75 Å². The van der Waals surface area contributed by atoms with Gasteiger partial charge in [-0.15, -0.1) is 0 Å². The molecule has 1 aromatic rings. The second kappa shape index (κ2) is 5.85. The van der Waals surface area contributed by atoms with Crippen molar-refractivity contribution in [3.63, 3.8) is 0 Å². The minimum absolute atomic E-state index is 0.552. The normalized spacial score (nSPS) is 19.9. The topological polar surface area (TPSA) is 21.7 Å². The first kappa shape index (κ1) is 12.9. The fourth-order valence-electron chi connectivity index (χ4n) is 2.10. The average Bonchev–Trinajstić information content (AvgIpc) is 2.82. The van der Waals surface area contributed by atoms with Crippen molar-refractivity contribution >= 4 is 15.9 Å². The monoisotopic (exact) mass is 299 g/mol. The van der Waals surface area contributed by atoms with Gasteiger partial charge in [-0.05, 0) is 47.1 Å². The number of hydrogen-bond acceptors (Lipinski definition) is 3. The summed E-state index contributed by atoms with van der Waals surface area (Å²) >= 11 is 3.51. The van der Waals surface area contributed by atoms with Crippen molar-refractivity contribution < 1.29 is 9.47 Å². The Morgan fingerprint density at radius 3 is 2.94 bits per heavy atom. The summed E-state index contributed by atoms with van der Waals surface area (Å²) in [6, 6.07) is 6.77. The van der Waals surface area contributed by atoms with E-state index in [0.29, 0.717) is 6.04 Å². The van der Waals surface area contributed by atoms with E-state index >= 15 is 0 Å². The van der Waals surface area contributed by atoms with Gasteiger partial charge in [-0.1, -0.05) is 6.07 Å². The van der Waals surface area contributed by atoms with Crippen LogP contribution in [0.15, 0.2) is 22.7 Å². The molecule has 17 heavy (non-hydrogen) atoms.